The number of phenols is 1. The van der Waals surface area contributed by atoms with Crippen LogP contribution < -0.4 is 19.9 Å². The highest BCUT2D eigenvalue weighted by Crippen LogP contribution is 2.46. The number of benzene rings is 1. The molecule has 6 aliphatic heterocycles. The van der Waals surface area contributed by atoms with E-state index in [1.54, 1.807) is 0 Å². The lowest BCUT2D eigenvalue weighted by atomic mass is 9.92. The number of phenolic OH excluding ortho intramolecular Hbond substituents is 1. The maximum Gasteiger partial charge on any atom is 0.419 e. The third-order valence-electron chi connectivity index (χ3n) is 9.96. The average molecular weight is 623 g/mol. The zero-order chi connectivity index (χ0) is 30.1. The van der Waals surface area contributed by atoms with Gasteiger partial charge >= 0.3 is 12.2 Å². The fraction of sp³-hybridized carbons (Fsp3) is 0.621. The summed E-state index contributed by atoms with van der Waals surface area (Å²) in [6, 6.07) is 2.26. The van der Waals surface area contributed by atoms with Crippen LogP contribution in [0.15, 0.2) is 12.1 Å². The molecule has 1 amide bonds. The molecule has 5 fully saturated rings. The number of anilines is 2. The minimum atomic E-state index is -4.86. The van der Waals surface area contributed by atoms with Gasteiger partial charge in [-0.2, -0.15) is 23.1 Å². The van der Waals surface area contributed by atoms with Gasteiger partial charge in [0.05, 0.1) is 28.4 Å². The molecule has 6 aliphatic rings. The number of nitrogens with zero attached hydrogens (tertiary/aromatic N) is 5. The highest BCUT2D eigenvalue weighted by molar-refractivity contribution is 6.32. The molecule has 0 saturated carbocycles. The van der Waals surface area contributed by atoms with Gasteiger partial charge in [-0.25, -0.2) is 0 Å². The summed E-state index contributed by atoms with van der Waals surface area (Å²) >= 11 is 5.95. The van der Waals surface area contributed by atoms with Crippen molar-refractivity contribution in [3.63, 3.8) is 0 Å². The van der Waals surface area contributed by atoms with Crippen molar-refractivity contribution < 1.29 is 32.9 Å². The fourth-order valence-corrected chi connectivity index (χ4v) is 8.20. The predicted molar refractivity (Wildman–Crippen MR) is 152 cm³/mol. The van der Waals surface area contributed by atoms with E-state index in [1.807, 2.05) is 0 Å². The number of aliphatic hydroxyl groups is 1. The van der Waals surface area contributed by atoms with Crippen LogP contribution in [0.2, 0.25) is 5.02 Å². The number of piperidine rings is 2. The van der Waals surface area contributed by atoms with Gasteiger partial charge in [-0.15, -0.1) is 0 Å². The van der Waals surface area contributed by atoms with Crippen LogP contribution in [-0.4, -0.2) is 94.0 Å². The second kappa shape index (κ2) is 10.6. The van der Waals surface area contributed by atoms with Gasteiger partial charge in [-0.1, -0.05) is 11.6 Å². The first-order valence-electron chi connectivity index (χ1n) is 14.9. The van der Waals surface area contributed by atoms with Crippen LogP contribution >= 0.6 is 11.6 Å². The number of ether oxygens (including phenoxy) is 1. The lowest BCUT2D eigenvalue weighted by molar-refractivity contribution is -0.137. The summed E-state index contributed by atoms with van der Waals surface area (Å²) in [4.78, 5) is 28.9. The molecule has 2 aromatic rings. The van der Waals surface area contributed by atoms with Crippen molar-refractivity contribution in [1.82, 2.24) is 20.2 Å². The predicted octanol–water partition coefficient (Wildman–Crippen LogP) is 3.37. The Balaban J connectivity index is 1.27. The molecule has 4 atom stereocenters. The molecule has 8 rings (SSSR count). The minimum Gasteiger partial charge on any atom is -0.508 e. The maximum atomic E-state index is 14.1. The van der Waals surface area contributed by atoms with E-state index in [2.05, 4.69) is 20.1 Å². The number of aromatic nitrogens is 2. The van der Waals surface area contributed by atoms with E-state index in [1.165, 1.54) is 0 Å². The van der Waals surface area contributed by atoms with Crippen LogP contribution in [0.4, 0.5) is 24.7 Å². The Labute approximate surface area is 251 Å². The molecule has 2 bridgehead atoms. The highest BCUT2D eigenvalue weighted by Gasteiger charge is 2.50. The molecule has 1 aromatic heterocycles. The molecular formula is C29H34ClF3N6O4. The van der Waals surface area contributed by atoms with Gasteiger partial charge in [0, 0.05) is 49.4 Å². The molecule has 3 N–H and O–H groups in total. The molecule has 0 aliphatic carbocycles. The first kappa shape index (κ1) is 28.9. The summed E-state index contributed by atoms with van der Waals surface area (Å²) in [5, 5.41) is 22.8. The topological polar surface area (TPSA) is 114 Å². The number of aliphatic hydroxyl groups excluding tert-OH is 1. The molecule has 5 saturated heterocycles. The zero-order valence-corrected chi connectivity index (χ0v) is 24.3. The standard InChI is InChI=1S/C29H34ClF3N6O4/c30-21-10-19(41)11-22(23(21)29(31,32)33)37-9-5-20-24(26(37)42)35-27(36-25(20)38-13-16-2-3-17(38)12-34-16)43-15-28-6-1-8-39(28)18(14-40)4-7-28/h10-11,16-18,34,40-41H,1-9,12-15H2/t16?,17?,18-,28-/m1/s1. The number of aromatic hydroxyl groups is 1. The van der Waals surface area contributed by atoms with Crippen molar-refractivity contribution in [3.8, 4) is 11.8 Å². The van der Waals surface area contributed by atoms with Crippen molar-refractivity contribution in [2.24, 2.45) is 0 Å². The average Bonchev–Trinajstić information content (AvgIpc) is 3.54. The zero-order valence-electron chi connectivity index (χ0n) is 23.5. The van der Waals surface area contributed by atoms with Gasteiger partial charge in [0.15, 0.2) is 0 Å². The van der Waals surface area contributed by atoms with Gasteiger partial charge < -0.3 is 30.1 Å². The molecule has 2 unspecified atom stereocenters. The number of fused-ring (bicyclic) bond motifs is 5. The number of piperazine rings is 1. The SMILES string of the molecule is O=C1c2nc(OC[C@]34CCCN3[C@@H](CO)CC4)nc(N3CC4CCC3CN4)c2CCN1c1cc(O)cc(Cl)c1C(F)(F)F. The van der Waals surface area contributed by atoms with Gasteiger partial charge in [0.25, 0.3) is 5.91 Å². The van der Waals surface area contributed by atoms with Crippen LogP contribution in [0.1, 0.15) is 60.1 Å². The number of hydrogen-bond acceptors (Lipinski definition) is 9. The number of nitrogens with one attached hydrogen (secondary N) is 1. The van der Waals surface area contributed by atoms with Gasteiger partial charge in [-0.3, -0.25) is 9.69 Å². The lowest BCUT2D eigenvalue weighted by Crippen LogP contribution is -2.61. The second-order valence-electron chi connectivity index (χ2n) is 12.4. The highest BCUT2D eigenvalue weighted by atomic mass is 35.5. The Morgan fingerprint density at radius 3 is 2.70 bits per heavy atom. The van der Waals surface area contributed by atoms with E-state index in [0.29, 0.717) is 17.9 Å². The molecule has 10 nitrogen and oxygen atoms in total. The van der Waals surface area contributed by atoms with Crippen LogP contribution in [0.3, 0.4) is 0 Å². The van der Waals surface area contributed by atoms with Gasteiger partial charge in [-0.05, 0) is 57.6 Å². The maximum absolute atomic E-state index is 14.1. The summed E-state index contributed by atoms with van der Waals surface area (Å²) < 4.78 is 48.6. The quantitative estimate of drug-likeness (QED) is 0.446. The molecule has 232 valence electrons. The third-order valence-corrected chi connectivity index (χ3v) is 10.3. The summed E-state index contributed by atoms with van der Waals surface area (Å²) in [5.41, 5.74) is -1.37. The molecule has 14 heteroatoms. The second-order valence-corrected chi connectivity index (χ2v) is 12.8. The summed E-state index contributed by atoms with van der Waals surface area (Å²) in [7, 11) is 0. The fourth-order valence-electron chi connectivity index (χ4n) is 7.89. The van der Waals surface area contributed by atoms with E-state index < -0.39 is 34.1 Å². The molecule has 7 heterocycles. The Kier molecular flexibility index (Phi) is 7.14. The number of alkyl halides is 3. The van der Waals surface area contributed by atoms with Crippen LogP contribution in [0, 0.1) is 0 Å². The number of carbonyl (C=O) groups excluding carboxylic acids is 1. The molecule has 0 radical (unpaired) electrons. The normalized spacial score (nSPS) is 28.9. The summed E-state index contributed by atoms with van der Waals surface area (Å²) in [6.07, 6.45) is 0.988. The molecule has 0 spiro atoms. The van der Waals surface area contributed by atoms with Crippen molar-refractivity contribution in [2.75, 3.05) is 49.2 Å². The van der Waals surface area contributed by atoms with Crippen LogP contribution in [0.25, 0.3) is 0 Å². The Hall–Kier alpha value is -2.87. The van der Waals surface area contributed by atoms with Crippen molar-refractivity contribution in [2.45, 2.75) is 74.8 Å². The van der Waals surface area contributed by atoms with Crippen LogP contribution in [-0.2, 0) is 12.6 Å². The molecule has 1 aromatic carbocycles. The van der Waals surface area contributed by atoms with E-state index >= 15 is 0 Å². The number of halogens is 4. The Morgan fingerprint density at radius 2 is 2.00 bits per heavy atom. The Bertz CT molecular complexity index is 1440. The first-order valence-corrected chi connectivity index (χ1v) is 15.3. The monoisotopic (exact) mass is 622 g/mol. The van der Waals surface area contributed by atoms with E-state index in [-0.39, 0.29) is 61.5 Å². The largest absolute Gasteiger partial charge is 0.508 e. The molecule has 43 heavy (non-hydrogen) atoms. The van der Waals surface area contributed by atoms with Crippen molar-refractivity contribution in [1.29, 1.82) is 0 Å². The first-order chi connectivity index (χ1) is 20.6. The van der Waals surface area contributed by atoms with Crippen LogP contribution in [0.5, 0.6) is 11.8 Å². The Morgan fingerprint density at radius 1 is 1.16 bits per heavy atom. The van der Waals surface area contributed by atoms with Gasteiger partial charge in [0.2, 0.25) is 0 Å². The lowest BCUT2D eigenvalue weighted by Gasteiger charge is -2.47. The summed E-state index contributed by atoms with van der Waals surface area (Å²) in [5.74, 6) is -0.618. The van der Waals surface area contributed by atoms with E-state index in [0.717, 1.165) is 68.6 Å². The number of carbonyl (C=O) groups is 1. The number of amides is 1. The summed E-state index contributed by atoms with van der Waals surface area (Å²) in [6.45, 7) is 2.64. The number of rotatable bonds is 6. The van der Waals surface area contributed by atoms with E-state index in [4.69, 9.17) is 21.3 Å². The minimum absolute atomic E-state index is 0.00585. The third kappa shape index (κ3) is 4.88. The van der Waals surface area contributed by atoms with Crippen molar-refractivity contribution >= 4 is 29.0 Å². The number of hydrogen-bond donors (Lipinski definition) is 3. The van der Waals surface area contributed by atoms with Crippen molar-refractivity contribution in [3.05, 3.63) is 34.0 Å². The molecular weight excluding hydrogens is 589 g/mol. The smallest absolute Gasteiger partial charge is 0.419 e. The van der Waals surface area contributed by atoms with E-state index in [9.17, 15) is 28.2 Å². The van der Waals surface area contributed by atoms with Gasteiger partial charge in [0.1, 0.15) is 23.9 Å².